The van der Waals surface area contributed by atoms with E-state index in [0.717, 1.165) is 11.1 Å². The summed E-state index contributed by atoms with van der Waals surface area (Å²) < 4.78 is 4.94. The first-order valence-corrected chi connectivity index (χ1v) is 4.44. The van der Waals surface area contributed by atoms with E-state index in [1.165, 1.54) is 6.07 Å². The summed E-state index contributed by atoms with van der Waals surface area (Å²) in [5.41, 5.74) is 1.84. The van der Waals surface area contributed by atoms with Crippen LogP contribution in [0.15, 0.2) is 34.9 Å². The van der Waals surface area contributed by atoms with Crippen LogP contribution in [0.5, 0.6) is 0 Å². The molecular formula is C11H9NO3. The lowest BCUT2D eigenvalue weighted by Gasteiger charge is -1.95. The first-order valence-electron chi connectivity index (χ1n) is 4.44. The van der Waals surface area contributed by atoms with Gasteiger partial charge in [0, 0.05) is 11.6 Å². The molecule has 2 rings (SSSR count). The van der Waals surface area contributed by atoms with E-state index in [4.69, 9.17) is 9.63 Å². The Bertz CT molecular complexity index is 502. The van der Waals surface area contributed by atoms with Crippen LogP contribution in [0.1, 0.15) is 16.1 Å². The van der Waals surface area contributed by atoms with Crippen molar-refractivity contribution in [3.63, 3.8) is 0 Å². The number of carboxylic acids is 1. The number of aromatic carboxylic acids is 1. The predicted molar refractivity (Wildman–Crippen MR) is 53.6 cm³/mol. The smallest absolute Gasteiger partial charge is 0.358 e. The van der Waals surface area contributed by atoms with Crippen LogP contribution in [0.3, 0.4) is 0 Å². The average Bonchev–Trinajstić information content (AvgIpc) is 2.66. The largest absolute Gasteiger partial charge is 0.476 e. The van der Waals surface area contributed by atoms with Crippen molar-refractivity contribution in [2.24, 2.45) is 0 Å². The van der Waals surface area contributed by atoms with Crippen LogP contribution in [-0.4, -0.2) is 16.2 Å². The molecule has 1 aromatic heterocycles. The van der Waals surface area contributed by atoms with Crippen molar-refractivity contribution in [1.82, 2.24) is 5.16 Å². The molecule has 15 heavy (non-hydrogen) atoms. The maximum absolute atomic E-state index is 10.6. The van der Waals surface area contributed by atoms with E-state index in [1.807, 2.05) is 31.2 Å². The highest BCUT2D eigenvalue weighted by atomic mass is 16.5. The highest BCUT2D eigenvalue weighted by Crippen LogP contribution is 2.21. The van der Waals surface area contributed by atoms with Crippen LogP contribution in [-0.2, 0) is 0 Å². The zero-order valence-corrected chi connectivity index (χ0v) is 8.10. The van der Waals surface area contributed by atoms with Gasteiger partial charge < -0.3 is 9.63 Å². The number of aryl methyl sites for hydroxylation is 1. The number of aromatic nitrogens is 1. The minimum absolute atomic E-state index is 0.0773. The van der Waals surface area contributed by atoms with Crippen LogP contribution in [0, 0.1) is 6.92 Å². The van der Waals surface area contributed by atoms with Gasteiger partial charge in [0.15, 0.2) is 11.5 Å². The molecule has 2 aromatic rings. The fraction of sp³-hybridized carbons (Fsp3) is 0.0909. The van der Waals surface area contributed by atoms with Gasteiger partial charge in [0.2, 0.25) is 0 Å². The topological polar surface area (TPSA) is 63.3 Å². The molecule has 0 aliphatic carbocycles. The molecule has 0 saturated heterocycles. The van der Waals surface area contributed by atoms with Crippen molar-refractivity contribution in [2.75, 3.05) is 0 Å². The maximum atomic E-state index is 10.6. The molecule has 1 heterocycles. The van der Waals surface area contributed by atoms with Gasteiger partial charge in [-0.15, -0.1) is 0 Å². The second-order valence-electron chi connectivity index (χ2n) is 3.25. The average molecular weight is 203 g/mol. The van der Waals surface area contributed by atoms with Gasteiger partial charge in [-0.3, -0.25) is 0 Å². The Kier molecular flexibility index (Phi) is 2.25. The minimum Gasteiger partial charge on any atom is -0.476 e. The van der Waals surface area contributed by atoms with E-state index in [0.29, 0.717) is 5.76 Å². The molecule has 76 valence electrons. The molecule has 0 radical (unpaired) electrons. The molecule has 0 aliphatic rings. The first kappa shape index (κ1) is 9.45. The van der Waals surface area contributed by atoms with Crippen LogP contribution >= 0.6 is 0 Å². The van der Waals surface area contributed by atoms with Crippen molar-refractivity contribution < 1.29 is 14.4 Å². The molecule has 1 N–H and O–H groups in total. The minimum atomic E-state index is -1.09. The first-order chi connectivity index (χ1) is 7.16. The summed E-state index contributed by atoms with van der Waals surface area (Å²) in [7, 11) is 0. The number of benzene rings is 1. The van der Waals surface area contributed by atoms with Gasteiger partial charge in [-0.05, 0) is 13.0 Å². The summed E-state index contributed by atoms with van der Waals surface area (Å²) >= 11 is 0. The van der Waals surface area contributed by atoms with E-state index in [-0.39, 0.29) is 5.69 Å². The summed E-state index contributed by atoms with van der Waals surface area (Å²) in [4.78, 5) is 10.6. The molecule has 0 fully saturated rings. The number of hydrogen-bond acceptors (Lipinski definition) is 3. The van der Waals surface area contributed by atoms with E-state index in [9.17, 15) is 4.79 Å². The third-order valence-electron chi connectivity index (χ3n) is 2.03. The Hall–Kier alpha value is -2.10. The molecule has 0 amide bonds. The maximum Gasteiger partial charge on any atom is 0.358 e. The summed E-state index contributed by atoms with van der Waals surface area (Å²) in [5.74, 6) is -0.617. The van der Waals surface area contributed by atoms with Crippen LogP contribution in [0.4, 0.5) is 0 Å². The Balaban J connectivity index is 2.41. The number of rotatable bonds is 2. The molecule has 0 unspecified atom stereocenters. The summed E-state index contributed by atoms with van der Waals surface area (Å²) in [6.07, 6.45) is 0. The summed E-state index contributed by atoms with van der Waals surface area (Å²) in [6, 6.07) is 9.01. The van der Waals surface area contributed by atoms with Crippen molar-refractivity contribution in [3.05, 3.63) is 41.6 Å². The quantitative estimate of drug-likeness (QED) is 0.813. The molecule has 1 aromatic carbocycles. The summed E-state index contributed by atoms with van der Waals surface area (Å²) in [6.45, 7) is 1.96. The van der Waals surface area contributed by atoms with Crippen molar-refractivity contribution in [1.29, 1.82) is 0 Å². The van der Waals surface area contributed by atoms with Crippen molar-refractivity contribution in [3.8, 4) is 11.3 Å². The Labute approximate surface area is 86.1 Å². The molecule has 0 saturated carbocycles. The monoisotopic (exact) mass is 203 g/mol. The van der Waals surface area contributed by atoms with Gasteiger partial charge in [-0.1, -0.05) is 28.9 Å². The fourth-order valence-corrected chi connectivity index (χ4v) is 1.31. The lowest BCUT2D eigenvalue weighted by molar-refractivity contribution is 0.0686. The molecule has 0 aliphatic heterocycles. The highest BCUT2D eigenvalue weighted by molar-refractivity contribution is 5.86. The van der Waals surface area contributed by atoms with Gasteiger partial charge in [0.05, 0.1) is 0 Å². The van der Waals surface area contributed by atoms with E-state index >= 15 is 0 Å². The molecular weight excluding hydrogens is 194 g/mol. The Morgan fingerprint density at radius 2 is 2.20 bits per heavy atom. The number of carboxylic acid groups (broad SMARTS) is 1. The molecule has 0 atom stereocenters. The lowest BCUT2D eigenvalue weighted by atomic mass is 10.1. The zero-order chi connectivity index (χ0) is 10.8. The standard InChI is InChI=1S/C11H9NO3/c1-7-3-2-4-8(5-7)10-6-9(11(13)14)12-15-10/h2-6H,1H3,(H,13,14). The third kappa shape index (κ3) is 1.88. The van der Waals surface area contributed by atoms with Crippen molar-refractivity contribution in [2.45, 2.75) is 6.92 Å². The highest BCUT2D eigenvalue weighted by Gasteiger charge is 2.11. The van der Waals surface area contributed by atoms with E-state index in [2.05, 4.69) is 5.16 Å². The Morgan fingerprint density at radius 3 is 2.80 bits per heavy atom. The number of carbonyl (C=O) groups is 1. The van der Waals surface area contributed by atoms with Gasteiger partial charge >= 0.3 is 5.97 Å². The van der Waals surface area contributed by atoms with Crippen LogP contribution in [0.2, 0.25) is 0 Å². The summed E-state index contributed by atoms with van der Waals surface area (Å²) in [5, 5.41) is 12.1. The van der Waals surface area contributed by atoms with E-state index in [1.54, 1.807) is 0 Å². The lowest BCUT2D eigenvalue weighted by Crippen LogP contribution is -1.94. The Morgan fingerprint density at radius 1 is 1.40 bits per heavy atom. The SMILES string of the molecule is Cc1cccc(-c2cc(C(=O)O)no2)c1. The van der Waals surface area contributed by atoms with E-state index < -0.39 is 5.97 Å². The van der Waals surface area contributed by atoms with Gasteiger partial charge in [0.1, 0.15) is 0 Å². The van der Waals surface area contributed by atoms with Crippen molar-refractivity contribution >= 4 is 5.97 Å². The van der Waals surface area contributed by atoms with Gasteiger partial charge in [-0.25, -0.2) is 4.79 Å². The predicted octanol–water partition coefficient (Wildman–Crippen LogP) is 2.35. The van der Waals surface area contributed by atoms with Gasteiger partial charge in [0.25, 0.3) is 0 Å². The molecule has 4 heteroatoms. The second-order valence-corrected chi connectivity index (χ2v) is 3.25. The molecule has 0 spiro atoms. The zero-order valence-electron chi connectivity index (χ0n) is 8.10. The van der Waals surface area contributed by atoms with Crippen LogP contribution < -0.4 is 0 Å². The number of hydrogen-bond donors (Lipinski definition) is 1. The number of nitrogens with zero attached hydrogens (tertiary/aromatic N) is 1. The second kappa shape index (κ2) is 3.57. The molecule has 0 bridgehead atoms. The normalized spacial score (nSPS) is 10.2. The molecule has 4 nitrogen and oxygen atoms in total. The van der Waals surface area contributed by atoms with Crippen LogP contribution in [0.25, 0.3) is 11.3 Å². The fourth-order valence-electron chi connectivity index (χ4n) is 1.31. The third-order valence-corrected chi connectivity index (χ3v) is 2.03. The van der Waals surface area contributed by atoms with Gasteiger partial charge in [-0.2, -0.15) is 0 Å².